The molecule has 2 aromatic carbocycles. The standard InChI is InChI=1S/C21H23BrN2O4S/c1-14-6-9-17(13-19(14)22)23-21(26)20-5-3-4-12-24(20)29(27,28)18-10-7-16(8-11-18)15(2)25/h6-11,13,20H,3-5,12H2,1-2H3,(H,23,26). The Morgan fingerprint density at radius 1 is 1.10 bits per heavy atom. The second kappa shape index (κ2) is 8.77. The number of piperidine rings is 1. The van der Waals surface area contributed by atoms with Crippen LogP contribution in [-0.4, -0.2) is 37.0 Å². The molecule has 1 fully saturated rings. The maximum atomic E-state index is 13.2. The van der Waals surface area contributed by atoms with E-state index in [1.54, 1.807) is 12.1 Å². The molecule has 1 amide bonds. The number of ketones is 1. The number of sulfonamides is 1. The number of carbonyl (C=O) groups is 2. The van der Waals surface area contributed by atoms with E-state index in [1.807, 2.05) is 13.0 Å². The summed E-state index contributed by atoms with van der Waals surface area (Å²) < 4.78 is 28.5. The van der Waals surface area contributed by atoms with E-state index in [9.17, 15) is 18.0 Å². The molecule has 0 saturated carbocycles. The van der Waals surface area contributed by atoms with Crippen LogP contribution >= 0.6 is 15.9 Å². The smallest absolute Gasteiger partial charge is 0.243 e. The van der Waals surface area contributed by atoms with E-state index >= 15 is 0 Å². The first-order chi connectivity index (χ1) is 13.7. The van der Waals surface area contributed by atoms with Crippen LogP contribution in [0.25, 0.3) is 0 Å². The molecule has 6 nitrogen and oxygen atoms in total. The monoisotopic (exact) mass is 478 g/mol. The second-order valence-corrected chi connectivity index (χ2v) is 9.91. The van der Waals surface area contributed by atoms with E-state index in [-0.39, 0.29) is 23.1 Å². The predicted molar refractivity (Wildman–Crippen MR) is 115 cm³/mol. The van der Waals surface area contributed by atoms with Crippen molar-refractivity contribution >= 4 is 43.3 Å². The summed E-state index contributed by atoms with van der Waals surface area (Å²) in [7, 11) is -3.85. The number of rotatable bonds is 5. The Labute approximate surface area is 179 Å². The molecule has 1 saturated heterocycles. The van der Waals surface area contributed by atoms with Crippen LogP contribution in [0.1, 0.15) is 42.1 Å². The average Bonchev–Trinajstić information content (AvgIpc) is 2.70. The van der Waals surface area contributed by atoms with Crippen LogP contribution in [0.5, 0.6) is 0 Å². The Hall–Kier alpha value is -2.03. The van der Waals surface area contributed by atoms with E-state index in [0.717, 1.165) is 16.5 Å². The normalized spacial score (nSPS) is 17.7. The van der Waals surface area contributed by atoms with Gasteiger partial charge in [0.15, 0.2) is 5.78 Å². The van der Waals surface area contributed by atoms with Crippen molar-refractivity contribution in [1.29, 1.82) is 0 Å². The number of amides is 1. The van der Waals surface area contributed by atoms with Crippen LogP contribution in [0, 0.1) is 6.92 Å². The Morgan fingerprint density at radius 3 is 2.41 bits per heavy atom. The number of hydrogen-bond donors (Lipinski definition) is 1. The van der Waals surface area contributed by atoms with Crippen molar-refractivity contribution in [1.82, 2.24) is 4.31 Å². The summed E-state index contributed by atoms with van der Waals surface area (Å²) in [4.78, 5) is 24.5. The lowest BCUT2D eigenvalue weighted by molar-refractivity contribution is -0.120. The number of benzene rings is 2. The molecular weight excluding hydrogens is 456 g/mol. The van der Waals surface area contributed by atoms with Crippen LogP contribution in [-0.2, 0) is 14.8 Å². The fraction of sp³-hybridized carbons (Fsp3) is 0.333. The first-order valence-electron chi connectivity index (χ1n) is 9.40. The lowest BCUT2D eigenvalue weighted by Gasteiger charge is -2.33. The third kappa shape index (κ3) is 4.76. The molecule has 1 aliphatic heterocycles. The fourth-order valence-corrected chi connectivity index (χ4v) is 5.38. The molecule has 29 heavy (non-hydrogen) atoms. The lowest BCUT2D eigenvalue weighted by Crippen LogP contribution is -2.49. The zero-order chi connectivity index (χ0) is 21.2. The number of carbonyl (C=O) groups excluding carboxylic acids is 2. The Balaban J connectivity index is 1.85. The zero-order valence-corrected chi connectivity index (χ0v) is 18.7. The van der Waals surface area contributed by atoms with Crippen molar-refractivity contribution in [2.75, 3.05) is 11.9 Å². The van der Waals surface area contributed by atoms with E-state index < -0.39 is 16.1 Å². The van der Waals surface area contributed by atoms with Crippen LogP contribution in [0.4, 0.5) is 5.69 Å². The van der Waals surface area contributed by atoms with Crippen molar-refractivity contribution in [3.8, 4) is 0 Å². The van der Waals surface area contributed by atoms with Crippen molar-refractivity contribution in [3.05, 3.63) is 58.1 Å². The van der Waals surface area contributed by atoms with Gasteiger partial charge >= 0.3 is 0 Å². The van der Waals surface area contributed by atoms with Gasteiger partial charge in [-0.05, 0) is 56.5 Å². The summed E-state index contributed by atoms with van der Waals surface area (Å²) in [6.45, 7) is 3.66. The summed E-state index contributed by atoms with van der Waals surface area (Å²) >= 11 is 3.44. The molecule has 3 rings (SSSR count). The van der Waals surface area contributed by atoms with Gasteiger partial charge in [0, 0.05) is 22.3 Å². The maximum Gasteiger partial charge on any atom is 0.243 e. The highest BCUT2D eigenvalue weighted by molar-refractivity contribution is 9.10. The first-order valence-corrected chi connectivity index (χ1v) is 11.6. The van der Waals surface area contributed by atoms with Crippen molar-refractivity contribution in [2.24, 2.45) is 0 Å². The van der Waals surface area contributed by atoms with E-state index in [2.05, 4.69) is 21.2 Å². The minimum absolute atomic E-state index is 0.0836. The maximum absolute atomic E-state index is 13.2. The third-order valence-electron chi connectivity index (χ3n) is 5.06. The number of anilines is 1. The molecule has 1 N–H and O–H groups in total. The van der Waals surface area contributed by atoms with Crippen molar-refractivity contribution in [3.63, 3.8) is 0 Å². The molecule has 0 spiro atoms. The fourth-order valence-electron chi connectivity index (χ4n) is 3.35. The highest BCUT2D eigenvalue weighted by Gasteiger charge is 2.37. The summed E-state index contributed by atoms with van der Waals surface area (Å²) in [5, 5.41) is 2.84. The van der Waals surface area contributed by atoms with Gasteiger partial charge in [-0.2, -0.15) is 4.31 Å². The topological polar surface area (TPSA) is 83.6 Å². The van der Waals surface area contributed by atoms with Crippen molar-refractivity contribution in [2.45, 2.75) is 44.0 Å². The Bertz CT molecular complexity index is 1040. The van der Waals surface area contributed by atoms with E-state index in [4.69, 9.17) is 0 Å². The molecule has 154 valence electrons. The molecule has 2 aromatic rings. The number of halogens is 1. The molecule has 1 aliphatic rings. The Morgan fingerprint density at radius 2 is 1.79 bits per heavy atom. The van der Waals surface area contributed by atoms with Gasteiger partial charge < -0.3 is 5.32 Å². The minimum atomic E-state index is -3.85. The molecule has 0 aliphatic carbocycles. The van der Waals surface area contributed by atoms with Gasteiger partial charge in [0.25, 0.3) is 0 Å². The highest BCUT2D eigenvalue weighted by Crippen LogP contribution is 2.27. The molecule has 0 bridgehead atoms. The van der Waals surface area contributed by atoms with Crippen molar-refractivity contribution < 1.29 is 18.0 Å². The van der Waals surface area contributed by atoms with Crippen LogP contribution < -0.4 is 5.32 Å². The first kappa shape index (κ1) is 21.7. The van der Waals surface area contributed by atoms with Gasteiger partial charge in [-0.1, -0.05) is 40.5 Å². The highest BCUT2D eigenvalue weighted by atomic mass is 79.9. The summed E-state index contributed by atoms with van der Waals surface area (Å²) in [6, 6.07) is 10.5. The largest absolute Gasteiger partial charge is 0.325 e. The molecule has 1 atom stereocenters. The quantitative estimate of drug-likeness (QED) is 0.654. The summed E-state index contributed by atoms with van der Waals surface area (Å²) in [6.07, 6.45) is 1.94. The van der Waals surface area contributed by atoms with Crippen LogP contribution in [0.2, 0.25) is 0 Å². The van der Waals surface area contributed by atoms with Gasteiger partial charge in [-0.25, -0.2) is 8.42 Å². The zero-order valence-electron chi connectivity index (χ0n) is 16.3. The Kier molecular flexibility index (Phi) is 6.55. The summed E-state index contributed by atoms with van der Waals surface area (Å²) in [5.41, 5.74) is 2.10. The van der Waals surface area contributed by atoms with Gasteiger partial charge in [-0.3, -0.25) is 9.59 Å². The second-order valence-electron chi connectivity index (χ2n) is 7.16. The number of nitrogens with zero attached hydrogens (tertiary/aromatic N) is 1. The molecule has 0 aromatic heterocycles. The van der Waals surface area contributed by atoms with Gasteiger partial charge in [-0.15, -0.1) is 0 Å². The van der Waals surface area contributed by atoms with Crippen LogP contribution in [0.15, 0.2) is 51.8 Å². The number of Topliss-reactive ketones (excluding diaryl/α,β-unsaturated/α-hetero) is 1. The van der Waals surface area contributed by atoms with Gasteiger partial charge in [0.1, 0.15) is 6.04 Å². The lowest BCUT2D eigenvalue weighted by atomic mass is 10.0. The van der Waals surface area contributed by atoms with Gasteiger partial charge in [0.2, 0.25) is 15.9 Å². The minimum Gasteiger partial charge on any atom is -0.325 e. The third-order valence-corrected chi connectivity index (χ3v) is 7.84. The molecule has 1 heterocycles. The number of hydrogen-bond acceptors (Lipinski definition) is 4. The SMILES string of the molecule is CC(=O)c1ccc(S(=O)(=O)N2CCCCC2C(=O)Nc2ccc(C)c(Br)c2)cc1. The summed E-state index contributed by atoms with van der Waals surface area (Å²) in [5.74, 6) is -0.474. The van der Waals surface area contributed by atoms with E-state index in [1.165, 1.54) is 35.5 Å². The van der Waals surface area contributed by atoms with Crippen LogP contribution in [0.3, 0.4) is 0 Å². The predicted octanol–water partition coefficient (Wildman–Crippen LogP) is 4.14. The molecule has 1 unspecified atom stereocenters. The van der Waals surface area contributed by atoms with E-state index in [0.29, 0.717) is 24.1 Å². The molecule has 8 heteroatoms. The average molecular weight is 479 g/mol. The molecule has 0 radical (unpaired) electrons. The molecular formula is C21H23BrN2O4S. The number of aryl methyl sites for hydroxylation is 1. The number of nitrogens with one attached hydrogen (secondary N) is 1. The van der Waals surface area contributed by atoms with Gasteiger partial charge in [0.05, 0.1) is 4.90 Å².